The van der Waals surface area contributed by atoms with Crippen molar-refractivity contribution in [3.8, 4) is 0 Å². The number of piperazine rings is 1. The number of nitrogens with one attached hydrogen (secondary N) is 3. The molecule has 0 aromatic heterocycles. The van der Waals surface area contributed by atoms with Gasteiger partial charge in [0.25, 0.3) is 5.91 Å². The summed E-state index contributed by atoms with van der Waals surface area (Å²) in [6, 6.07) is 17.4. The number of benzene rings is 2. The third-order valence-electron chi connectivity index (χ3n) is 4.98. The highest BCUT2D eigenvalue weighted by Crippen LogP contribution is 2.15. The summed E-state index contributed by atoms with van der Waals surface area (Å²) in [5.74, 6) is -0.524. The van der Waals surface area contributed by atoms with Crippen LogP contribution in [-0.2, 0) is 16.1 Å². The Morgan fingerprint density at radius 2 is 1.56 bits per heavy atom. The number of rotatable bonds is 6. The number of carbonyl (C=O) groups excluding carboxylic acids is 2. The molecule has 6 heteroatoms. The van der Waals surface area contributed by atoms with Gasteiger partial charge in [-0.15, -0.1) is 0 Å². The molecule has 2 aromatic rings. The molecule has 0 radical (unpaired) electrons. The van der Waals surface area contributed by atoms with E-state index in [1.807, 2.05) is 6.07 Å². The fraction of sp³-hybridized carbons (Fsp3) is 0.333. The zero-order chi connectivity index (χ0) is 19.1. The molecule has 0 saturated carbocycles. The first-order chi connectivity index (χ1) is 13.2. The summed E-state index contributed by atoms with van der Waals surface area (Å²) in [6.07, 6.45) is 0. The second-order valence-corrected chi connectivity index (χ2v) is 6.92. The molecule has 1 aliphatic heterocycles. The maximum Gasteiger partial charge on any atom is 0.339 e. The standard InChI is InChI=1S/C21H25N3O3/c1-27-21(26)18-9-5-6-10-19(18)22-20(25)16-24-13-11-23(12-14-24)15-17-7-3-2-4-8-17/h2-10H,11-16H2,1H3,(H,22,25)/p+2. The first-order valence-corrected chi connectivity index (χ1v) is 9.34. The molecule has 1 fully saturated rings. The highest BCUT2D eigenvalue weighted by atomic mass is 16.5. The van der Waals surface area contributed by atoms with Crippen LogP contribution >= 0.6 is 0 Å². The minimum Gasteiger partial charge on any atom is -0.465 e. The smallest absolute Gasteiger partial charge is 0.339 e. The third-order valence-corrected chi connectivity index (χ3v) is 4.98. The highest BCUT2D eigenvalue weighted by molar-refractivity contribution is 6.01. The van der Waals surface area contributed by atoms with Crippen molar-refractivity contribution in [3.63, 3.8) is 0 Å². The first kappa shape index (κ1) is 19.1. The molecule has 0 unspecified atom stereocenters. The van der Waals surface area contributed by atoms with Crippen molar-refractivity contribution in [2.24, 2.45) is 0 Å². The van der Waals surface area contributed by atoms with Crippen molar-refractivity contribution in [2.45, 2.75) is 6.54 Å². The normalized spacial score (nSPS) is 19.3. The number of hydrogen-bond donors (Lipinski definition) is 3. The molecular formula is C21H27N3O3+2. The van der Waals surface area contributed by atoms with Crippen LogP contribution in [0, 0.1) is 0 Å². The topological polar surface area (TPSA) is 64.3 Å². The van der Waals surface area contributed by atoms with Gasteiger partial charge >= 0.3 is 5.97 Å². The molecular weight excluding hydrogens is 342 g/mol. The summed E-state index contributed by atoms with van der Waals surface area (Å²) in [5, 5.41) is 2.86. The van der Waals surface area contributed by atoms with Gasteiger partial charge < -0.3 is 19.9 Å². The van der Waals surface area contributed by atoms with Crippen LogP contribution in [0.2, 0.25) is 0 Å². The molecule has 0 spiro atoms. The molecule has 1 heterocycles. The maximum atomic E-state index is 12.4. The van der Waals surface area contributed by atoms with Gasteiger partial charge in [0.1, 0.15) is 32.7 Å². The van der Waals surface area contributed by atoms with Crippen LogP contribution in [0.3, 0.4) is 0 Å². The molecule has 0 aliphatic carbocycles. The van der Waals surface area contributed by atoms with Crippen LogP contribution in [0.15, 0.2) is 54.6 Å². The Balaban J connectivity index is 1.48. The van der Waals surface area contributed by atoms with Crippen LogP contribution in [0.25, 0.3) is 0 Å². The van der Waals surface area contributed by atoms with Crippen LogP contribution in [0.4, 0.5) is 5.69 Å². The molecule has 2 aromatic carbocycles. The average molecular weight is 369 g/mol. The summed E-state index contributed by atoms with van der Waals surface area (Å²) >= 11 is 0. The largest absolute Gasteiger partial charge is 0.465 e. The van der Waals surface area contributed by atoms with E-state index in [0.717, 1.165) is 32.7 Å². The highest BCUT2D eigenvalue weighted by Gasteiger charge is 2.25. The molecule has 6 nitrogen and oxygen atoms in total. The molecule has 27 heavy (non-hydrogen) atoms. The fourth-order valence-electron chi connectivity index (χ4n) is 3.50. The lowest BCUT2D eigenvalue weighted by Gasteiger charge is -2.29. The van der Waals surface area contributed by atoms with E-state index < -0.39 is 5.97 Å². The van der Waals surface area contributed by atoms with Gasteiger partial charge in [0, 0.05) is 5.56 Å². The Labute approximate surface area is 159 Å². The summed E-state index contributed by atoms with van der Waals surface area (Å²) in [4.78, 5) is 27.1. The minimum absolute atomic E-state index is 0.0761. The van der Waals surface area contributed by atoms with Crippen LogP contribution in [0.1, 0.15) is 15.9 Å². The number of esters is 1. The van der Waals surface area contributed by atoms with E-state index in [1.54, 1.807) is 29.2 Å². The molecule has 1 aliphatic rings. The van der Waals surface area contributed by atoms with Gasteiger partial charge in [-0.1, -0.05) is 42.5 Å². The van der Waals surface area contributed by atoms with Crippen molar-refractivity contribution in [2.75, 3.05) is 45.2 Å². The zero-order valence-electron chi connectivity index (χ0n) is 15.7. The second-order valence-electron chi connectivity index (χ2n) is 6.92. The van der Waals surface area contributed by atoms with E-state index in [1.165, 1.54) is 17.6 Å². The number of carbonyl (C=O) groups is 2. The molecule has 1 amide bonds. The van der Waals surface area contributed by atoms with E-state index in [9.17, 15) is 9.59 Å². The minimum atomic E-state index is -0.448. The second kappa shape index (κ2) is 9.30. The van der Waals surface area contributed by atoms with Gasteiger partial charge in [0.2, 0.25) is 0 Å². The van der Waals surface area contributed by atoms with Crippen LogP contribution in [-0.4, -0.2) is 51.7 Å². The summed E-state index contributed by atoms with van der Waals surface area (Å²) in [5.41, 5.74) is 2.23. The number of anilines is 1. The lowest BCUT2D eigenvalue weighted by Crippen LogP contribution is -3.28. The number of hydrogen-bond acceptors (Lipinski definition) is 3. The molecule has 1 saturated heterocycles. The summed E-state index contributed by atoms with van der Waals surface area (Å²) < 4.78 is 4.77. The maximum absolute atomic E-state index is 12.4. The van der Waals surface area contributed by atoms with Crippen molar-refractivity contribution in [3.05, 3.63) is 65.7 Å². The number of para-hydroxylation sites is 1. The van der Waals surface area contributed by atoms with Gasteiger partial charge in [0.05, 0.1) is 18.4 Å². The fourth-order valence-corrected chi connectivity index (χ4v) is 3.50. The summed E-state index contributed by atoms with van der Waals surface area (Å²) in [6.45, 7) is 5.48. The zero-order valence-corrected chi connectivity index (χ0v) is 15.7. The Kier molecular flexibility index (Phi) is 6.57. The molecule has 142 valence electrons. The first-order valence-electron chi connectivity index (χ1n) is 9.34. The predicted octanol–water partition coefficient (Wildman–Crippen LogP) is -0.605. The third kappa shape index (κ3) is 5.39. The Hall–Kier alpha value is -2.70. The number of amides is 1. The lowest BCUT2D eigenvalue weighted by molar-refractivity contribution is -1.02. The van der Waals surface area contributed by atoms with E-state index in [-0.39, 0.29) is 5.91 Å². The van der Waals surface area contributed by atoms with Crippen LogP contribution < -0.4 is 15.1 Å². The quantitative estimate of drug-likeness (QED) is 0.596. The number of methoxy groups -OCH3 is 1. The Morgan fingerprint density at radius 1 is 0.926 bits per heavy atom. The SMILES string of the molecule is COC(=O)c1ccccc1NC(=O)C[NH+]1CC[NH+](Cc2ccccc2)CC1. The predicted molar refractivity (Wildman–Crippen MR) is 103 cm³/mol. The van der Waals surface area contributed by atoms with Gasteiger partial charge in [-0.05, 0) is 12.1 Å². The van der Waals surface area contributed by atoms with Gasteiger partial charge in [-0.3, -0.25) is 4.79 Å². The number of ether oxygens (including phenoxy) is 1. The van der Waals surface area contributed by atoms with Crippen molar-refractivity contribution >= 4 is 17.6 Å². The number of quaternary nitrogens is 2. The van der Waals surface area contributed by atoms with E-state index in [2.05, 4.69) is 29.6 Å². The lowest BCUT2D eigenvalue weighted by atomic mass is 10.1. The van der Waals surface area contributed by atoms with Crippen molar-refractivity contribution in [1.82, 2.24) is 0 Å². The van der Waals surface area contributed by atoms with Crippen molar-refractivity contribution < 1.29 is 24.1 Å². The Morgan fingerprint density at radius 3 is 2.26 bits per heavy atom. The van der Waals surface area contributed by atoms with E-state index >= 15 is 0 Å². The molecule has 3 N–H and O–H groups in total. The molecule has 3 rings (SSSR count). The van der Waals surface area contributed by atoms with Gasteiger partial charge in [0.15, 0.2) is 6.54 Å². The van der Waals surface area contributed by atoms with E-state index in [0.29, 0.717) is 17.8 Å². The molecule has 0 bridgehead atoms. The van der Waals surface area contributed by atoms with Gasteiger partial charge in [-0.2, -0.15) is 0 Å². The van der Waals surface area contributed by atoms with Gasteiger partial charge in [-0.25, -0.2) is 4.79 Å². The van der Waals surface area contributed by atoms with Crippen molar-refractivity contribution in [1.29, 1.82) is 0 Å². The van der Waals surface area contributed by atoms with E-state index in [4.69, 9.17) is 4.74 Å². The summed E-state index contributed by atoms with van der Waals surface area (Å²) in [7, 11) is 1.34. The monoisotopic (exact) mass is 369 g/mol. The van der Waals surface area contributed by atoms with Crippen LogP contribution in [0.5, 0.6) is 0 Å². The average Bonchev–Trinajstić information content (AvgIpc) is 2.70. The molecule has 0 atom stereocenters. The Bertz CT molecular complexity index is 771.